The van der Waals surface area contributed by atoms with Crippen LogP contribution in [0.1, 0.15) is 21.5 Å². The summed E-state index contributed by atoms with van der Waals surface area (Å²) in [5, 5.41) is 4.19. The first-order chi connectivity index (χ1) is 13.8. The lowest BCUT2D eigenvalue weighted by atomic mass is 10.1. The Kier molecular flexibility index (Phi) is 5.38. The van der Waals surface area contributed by atoms with Crippen molar-refractivity contribution in [3.05, 3.63) is 102 Å². The zero-order valence-corrected chi connectivity index (χ0v) is 15.5. The summed E-state index contributed by atoms with van der Waals surface area (Å²) in [7, 11) is 0. The molecule has 2 N–H and O–H groups in total. The summed E-state index contributed by atoms with van der Waals surface area (Å²) in [6.07, 6.45) is 2.80. The number of benzene rings is 3. The molecular weight excluding hydrogens is 348 g/mol. The molecule has 0 saturated carbocycles. The van der Waals surface area contributed by atoms with Crippen LogP contribution in [0.2, 0.25) is 0 Å². The molecule has 4 nitrogen and oxygen atoms in total. The average Bonchev–Trinajstić information content (AvgIpc) is 3.16. The lowest BCUT2D eigenvalue weighted by molar-refractivity contribution is 0.0954. The van der Waals surface area contributed by atoms with Crippen molar-refractivity contribution in [1.29, 1.82) is 0 Å². The van der Waals surface area contributed by atoms with E-state index in [1.54, 1.807) is 12.1 Å². The van der Waals surface area contributed by atoms with Gasteiger partial charge in [-0.1, -0.05) is 48.5 Å². The Morgan fingerprint density at radius 2 is 1.64 bits per heavy atom. The van der Waals surface area contributed by atoms with Gasteiger partial charge in [-0.05, 0) is 47.9 Å². The zero-order valence-electron chi connectivity index (χ0n) is 15.5. The molecule has 0 unspecified atom stereocenters. The van der Waals surface area contributed by atoms with Gasteiger partial charge >= 0.3 is 0 Å². The van der Waals surface area contributed by atoms with Crippen LogP contribution in [0.4, 0.5) is 0 Å². The van der Waals surface area contributed by atoms with Crippen molar-refractivity contribution in [2.24, 2.45) is 0 Å². The number of nitrogens with one attached hydrogen (secondary N) is 2. The maximum Gasteiger partial charge on any atom is 0.251 e. The Bertz CT molecular complexity index is 1050. The number of rotatable bonds is 7. The van der Waals surface area contributed by atoms with E-state index < -0.39 is 0 Å². The van der Waals surface area contributed by atoms with E-state index in [1.165, 1.54) is 10.9 Å². The highest BCUT2D eigenvalue weighted by atomic mass is 16.5. The van der Waals surface area contributed by atoms with Crippen LogP contribution in [-0.2, 0) is 13.0 Å². The van der Waals surface area contributed by atoms with Crippen LogP contribution in [0, 0.1) is 0 Å². The van der Waals surface area contributed by atoms with Crippen molar-refractivity contribution >= 4 is 16.8 Å². The number of hydrogen-bond donors (Lipinski definition) is 2. The molecule has 4 rings (SSSR count). The molecule has 3 aromatic carbocycles. The van der Waals surface area contributed by atoms with Gasteiger partial charge < -0.3 is 15.0 Å². The quantitative estimate of drug-likeness (QED) is 0.495. The minimum Gasteiger partial charge on any atom is -0.489 e. The van der Waals surface area contributed by atoms with E-state index in [2.05, 4.69) is 22.4 Å². The van der Waals surface area contributed by atoms with E-state index in [0.717, 1.165) is 23.3 Å². The van der Waals surface area contributed by atoms with Crippen molar-refractivity contribution < 1.29 is 9.53 Å². The summed E-state index contributed by atoms with van der Waals surface area (Å²) in [5.74, 6) is 0.675. The number of ether oxygens (including phenoxy) is 1. The van der Waals surface area contributed by atoms with Gasteiger partial charge in [0.15, 0.2) is 0 Å². The normalized spacial score (nSPS) is 10.7. The smallest absolute Gasteiger partial charge is 0.251 e. The first kappa shape index (κ1) is 17.9. The van der Waals surface area contributed by atoms with Crippen molar-refractivity contribution in [3.63, 3.8) is 0 Å². The standard InChI is InChI=1S/C24H22N2O2/c27-24(25-15-14-20-16-26-23-9-5-4-8-22(20)23)19-10-12-21(13-11-19)28-17-18-6-2-1-3-7-18/h1-13,16,26H,14-15,17H2,(H,25,27). The first-order valence-corrected chi connectivity index (χ1v) is 9.39. The van der Waals surface area contributed by atoms with Crippen molar-refractivity contribution in [2.45, 2.75) is 13.0 Å². The van der Waals surface area contributed by atoms with Crippen molar-refractivity contribution in [2.75, 3.05) is 6.54 Å². The molecule has 0 aliphatic rings. The van der Waals surface area contributed by atoms with Gasteiger partial charge in [0.05, 0.1) is 0 Å². The predicted octanol–water partition coefficient (Wildman–Crippen LogP) is 4.72. The van der Waals surface area contributed by atoms with Crippen LogP contribution in [-0.4, -0.2) is 17.4 Å². The van der Waals surface area contributed by atoms with E-state index in [9.17, 15) is 4.79 Å². The fraction of sp³-hybridized carbons (Fsp3) is 0.125. The molecule has 4 aromatic rings. The van der Waals surface area contributed by atoms with Crippen molar-refractivity contribution in [3.8, 4) is 5.75 Å². The number of para-hydroxylation sites is 1. The molecule has 0 bridgehead atoms. The van der Waals surface area contributed by atoms with Gasteiger partial charge in [0.2, 0.25) is 0 Å². The van der Waals surface area contributed by atoms with Crippen LogP contribution in [0.3, 0.4) is 0 Å². The van der Waals surface area contributed by atoms with E-state index in [4.69, 9.17) is 4.74 Å². The topological polar surface area (TPSA) is 54.1 Å². The summed E-state index contributed by atoms with van der Waals surface area (Å²) < 4.78 is 5.76. The molecule has 0 radical (unpaired) electrons. The van der Waals surface area contributed by atoms with E-state index in [1.807, 2.05) is 60.8 Å². The minimum absolute atomic E-state index is 0.0746. The third-order valence-corrected chi connectivity index (χ3v) is 4.72. The molecule has 28 heavy (non-hydrogen) atoms. The van der Waals surface area contributed by atoms with E-state index in [0.29, 0.717) is 18.7 Å². The lowest BCUT2D eigenvalue weighted by Gasteiger charge is -2.08. The average molecular weight is 370 g/mol. The van der Waals surface area contributed by atoms with Gasteiger partial charge in [-0.3, -0.25) is 4.79 Å². The highest BCUT2D eigenvalue weighted by molar-refractivity contribution is 5.94. The third kappa shape index (κ3) is 4.23. The molecule has 0 spiro atoms. The second-order valence-electron chi connectivity index (χ2n) is 6.66. The monoisotopic (exact) mass is 370 g/mol. The highest BCUT2D eigenvalue weighted by Crippen LogP contribution is 2.18. The molecule has 0 saturated heterocycles. The molecule has 0 fully saturated rings. The highest BCUT2D eigenvalue weighted by Gasteiger charge is 2.07. The first-order valence-electron chi connectivity index (χ1n) is 9.39. The number of H-pyrrole nitrogens is 1. The van der Waals surface area contributed by atoms with E-state index in [-0.39, 0.29) is 5.91 Å². The Labute approximate surface area is 164 Å². The van der Waals surface area contributed by atoms with Crippen LogP contribution in [0.5, 0.6) is 5.75 Å². The number of fused-ring (bicyclic) bond motifs is 1. The summed E-state index contributed by atoms with van der Waals surface area (Å²) >= 11 is 0. The summed E-state index contributed by atoms with van der Waals surface area (Å²) in [4.78, 5) is 15.6. The van der Waals surface area contributed by atoms with Crippen LogP contribution >= 0.6 is 0 Å². The molecule has 4 heteroatoms. The van der Waals surface area contributed by atoms with Crippen LogP contribution < -0.4 is 10.1 Å². The number of carbonyl (C=O) groups excluding carboxylic acids is 1. The van der Waals surface area contributed by atoms with Crippen molar-refractivity contribution in [1.82, 2.24) is 10.3 Å². The van der Waals surface area contributed by atoms with Crippen LogP contribution in [0.15, 0.2) is 85.1 Å². The molecule has 1 amide bonds. The molecule has 0 aliphatic carbocycles. The number of carbonyl (C=O) groups is 1. The van der Waals surface area contributed by atoms with Crippen LogP contribution in [0.25, 0.3) is 10.9 Å². The minimum atomic E-state index is -0.0746. The number of hydrogen-bond acceptors (Lipinski definition) is 2. The van der Waals surface area contributed by atoms with Gasteiger partial charge in [-0.2, -0.15) is 0 Å². The predicted molar refractivity (Wildman–Crippen MR) is 112 cm³/mol. The summed E-state index contributed by atoms with van der Waals surface area (Å²) in [6.45, 7) is 1.10. The van der Waals surface area contributed by atoms with Gasteiger partial charge in [-0.25, -0.2) is 0 Å². The van der Waals surface area contributed by atoms with E-state index >= 15 is 0 Å². The Morgan fingerprint density at radius 3 is 2.46 bits per heavy atom. The molecule has 140 valence electrons. The Hall–Kier alpha value is -3.53. The zero-order chi connectivity index (χ0) is 19.2. The largest absolute Gasteiger partial charge is 0.489 e. The molecule has 0 aliphatic heterocycles. The summed E-state index contributed by atoms with van der Waals surface area (Å²) in [5.41, 5.74) is 4.07. The third-order valence-electron chi connectivity index (χ3n) is 4.72. The van der Waals surface area contributed by atoms with Gasteiger partial charge in [-0.15, -0.1) is 0 Å². The molecular formula is C24H22N2O2. The number of amides is 1. The molecule has 1 heterocycles. The lowest BCUT2D eigenvalue weighted by Crippen LogP contribution is -2.25. The fourth-order valence-electron chi connectivity index (χ4n) is 3.19. The Balaban J connectivity index is 1.28. The second-order valence-corrected chi connectivity index (χ2v) is 6.66. The molecule has 1 aromatic heterocycles. The number of aromatic nitrogens is 1. The second kappa shape index (κ2) is 8.44. The molecule has 0 atom stereocenters. The SMILES string of the molecule is O=C(NCCc1c[nH]c2ccccc12)c1ccc(OCc2ccccc2)cc1. The fourth-order valence-corrected chi connectivity index (χ4v) is 3.19. The maximum atomic E-state index is 12.4. The van der Waals surface area contributed by atoms with Gasteiger partial charge in [0.1, 0.15) is 12.4 Å². The summed E-state index contributed by atoms with van der Waals surface area (Å²) in [6, 6.07) is 25.4. The Morgan fingerprint density at radius 1 is 0.893 bits per heavy atom. The number of aromatic amines is 1. The maximum absolute atomic E-state index is 12.4. The van der Waals surface area contributed by atoms with Gasteiger partial charge in [0, 0.05) is 29.2 Å². The van der Waals surface area contributed by atoms with Gasteiger partial charge in [0.25, 0.3) is 5.91 Å².